The van der Waals surface area contributed by atoms with Crippen LogP contribution in [0.15, 0.2) is 36.4 Å². The number of hydrogen-bond donors (Lipinski definition) is 0. The molecule has 0 fully saturated rings. The van der Waals surface area contributed by atoms with Crippen LogP contribution in [-0.2, 0) is 30.4 Å². The van der Waals surface area contributed by atoms with Crippen LogP contribution in [0, 0.1) is 0 Å². The summed E-state index contributed by atoms with van der Waals surface area (Å²) in [5.41, 5.74) is 6.22. The van der Waals surface area contributed by atoms with Gasteiger partial charge < -0.3 is 9.64 Å². The minimum absolute atomic E-state index is 0.242. The number of fused-ring (bicyclic) bond motifs is 2. The van der Waals surface area contributed by atoms with Crippen LogP contribution in [0.2, 0.25) is 5.02 Å². The van der Waals surface area contributed by atoms with Crippen molar-refractivity contribution in [1.29, 1.82) is 0 Å². The molecule has 0 N–H and O–H groups in total. The van der Waals surface area contributed by atoms with Gasteiger partial charge in [-0.25, -0.2) is 4.79 Å². The first-order valence-electron chi connectivity index (χ1n) is 10.1. The second-order valence-corrected chi connectivity index (χ2v) is 8.24. The van der Waals surface area contributed by atoms with E-state index in [0.717, 1.165) is 56.6 Å². The zero-order valence-electron chi connectivity index (χ0n) is 16.4. The van der Waals surface area contributed by atoms with E-state index in [1.165, 1.54) is 16.7 Å². The van der Waals surface area contributed by atoms with E-state index in [2.05, 4.69) is 24.1 Å². The first-order chi connectivity index (χ1) is 13.6. The van der Waals surface area contributed by atoms with Gasteiger partial charge in [-0.1, -0.05) is 29.8 Å². The number of likely N-dealkylation sites (N-methyl/N-ethyl adjacent to an activating group) is 1. The molecule has 0 atom stereocenters. The van der Waals surface area contributed by atoms with Gasteiger partial charge >= 0.3 is 6.09 Å². The molecule has 0 radical (unpaired) electrons. The predicted molar refractivity (Wildman–Crippen MR) is 114 cm³/mol. The Morgan fingerprint density at radius 1 is 1.04 bits per heavy atom. The molecule has 0 spiro atoms. The number of benzene rings is 2. The van der Waals surface area contributed by atoms with Gasteiger partial charge in [-0.2, -0.15) is 0 Å². The maximum atomic E-state index is 12.8. The topological polar surface area (TPSA) is 32.8 Å². The third-order valence-electron chi connectivity index (χ3n) is 5.77. The summed E-state index contributed by atoms with van der Waals surface area (Å²) in [6.07, 6.45) is 4.57. The Hall–Kier alpha value is -2.04. The van der Waals surface area contributed by atoms with Gasteiger partial charge in [-0.15, -0.1) is 0 Å². The van der Waals surface area contributed by atoms with Crippen LogP contribution < -0.4 is 4.90 Å². The van der Waals surface area contributed by atoms with E-state index in [9.17, 15) is 4.79 Å². The molecule has 0 aromatic heterocycles. The molecule has 0 aliphatic carbocycles. The van der Waals surface area contributed by atoms with Gasteiger partial charge in [0, 0.05) is 31.1 Å². The summed E-state index contributed by atoms with van der Waals surface area (Å²) in [6.45, 7) is 3.25. The first-order valence-corrected chi connectivity index (χ1v) is 10.5. The fourth-order valence-electron chi connectivity index (χ4n) is 4.14. The van der Waals surface area contributed by atoms with E-state index in [-0.39, 0.29) is 6.09 Å². The Bertz CT molecular complexity index is 868. The number of ether oxygens (including phenoxy) is 1. The molecular weight excluding hydrogens is 372 g/mol. The highest BCUT2D eigenvalue weighted by Crippen LogP contribution is 2.32. The van der Waals surface area contributed by atoms with Crippen molar-refractivity contribution in [1.82, 2.24) is 4.90 Å². The van der Waals surface area contributed by atoms with E-state index in [1.807, 2.05) is 29.2 Å². The summed E-state index contributed by atoms with van der Waals surface area (Å²) in [7, 11) is 2.18. The Morgan fingerprint density at radius 3 is 2.61 bits per heavy atom. The van der Waals surface area contributed by atoms with Gasteiger partial charge in [0.25, 0.3) is 0 Å². The first kappa shape index (κ1) is 19.3. The van der Waals surface area contributed by atoms with E-state index >= 15 is 0 Å². The van der Waals surface area contributed by atoms with Gasteiger partial charge in [0.05, 0.1) is 12.3 Å². The Kier molecular flexibility index (Phi) is 5.88. The summed E-state index contributed by atoms with van der Waals surface area (Å²) < 4.78 is 5.60. The standard InChI is InChI=1S/C23H27ClN2O2/c1-25-11-7-18-15-20-5-3-10-26(22(20)16-19(18)8-12-25)23(27)28-13-9-17-4-2-6-21(24)14-17/h2,4,6,14-16H,3,5,7-13H2,1H3. The summed E-state index contributed by atoms with van der Waals surface area (Å²) in [5, 5.41) is 0.708. The molecule has 0 saturated heterocycles. The summed E-state index contributed by atoms with van der Waals surface area (Å²) in [4.78, 5) is 17.0. The van der Waals surface area contributed by atoms with Crippen LogP contribution in [0.1, 0.15) is 28.7 Å². The van der Waals surface area contributed by atoms with E-state index in [1.54, 1.807) is 0 Å². The fourth-order valence-corrected chi connectivity index (χ4v) is 4.36. The van der Waals surface area contributed by atoms with E-state index in [4.69, 9.17) is 16.3 Å². The number of anilines is 1. The van der Waals surface area contributed by atoms with Gasteiger partial charge in [0.15, 0.2) is 0 Å². The van der Waals surface area contributed by atoms with Crippen molar-refractivity contribution in [3.05, 3.63) is 63.7 Å². The number of carbonyl (C=O) groups is 1. The molecule has 2 aromatic carbocycles. The lowest BCUT2D eigenvalue weighted by atomic mass is 9.93. The van der Waals surface area contributed by atoms with Crippen LogP contribution in [0.5, 0.6) is 0 Å². The Morgan fingerprint density at radius 2 is 1.82 bits per heavy atom. The van der Waals surface area contributed by atoms with Crippen LogP contribution in [-0.4, -0.2) is 44.3 Å². The number of rotatable bonds is 3. The highest BCUT2D eigenvalue weighted by molar-refractivity contribution is 6.30. The van der Waals surface area contributed by atoms with Gasteiger partial charge in [-0.05, 0) is 73.2 Å². The number of nitrogens with zero attached hydrogens (tertiary/aromatic N) is 2. The maximum Gasteiger partial charge on any atom is 0.414 e. The molecule has 4 rings (SSSR count). The average molecular weight is 399 g/mol. The van der Waals surface area contributed by atoms with Crippen LogP contribution >= 0.6 is 11.6 Å². The number of halogens is 1. The van der Waals surface area contributed by atoms with Gasteiger partial charge in [0.1, 0.15) is 0 Å². The smallest absolute Gasteiger partial charge is 0.414 e. The monoisotopic (exact) mass is 398 g/mol. The number of amides is 1. The van der Waals surface area contributed by atoms with Crippen LogP contribution in [0.3, 0.4) is 0 Å². The zero-order chi connectivity index (χ0) is 19.5. The third-order valence-corrected chi connectivity index (χ3v) is 6.01. The van der Waals surface area contributed by atoms with Crippen LogP contribution in [0.25, 0.3) is 0 Å². The third kappa shape index (κ3) is 4.34. The van der Waals surface area contributed by atoms with Crippen molar-refractivity contribution < 1.29 is 9.53 Å². The molecule has 0 unspecified atom stereocenters. The fraction of sp³-hybridized carbons (Fsp3) is 0.435. The number of hydrogen-bond acceptors (Lipinski definition) is 3. The zero-order valence-corrected chi connectivity index (χ0v) is 17.2. The van der Waals surface area contributed by atoms with Crippen molar-refractivity contribution in [2.75, 3.05) is 38.2 Å². The number of carbonyl (C=O) groups excluding carboxylic acids is 1. The molecule has 0 bridgehead atoms. The molecule has 2 aliphatic rings. The van der Waals surface area contributed by atoms with Crippen molar-refractivity contribution in [3.63, 3.8) is 0 Å². The molecule has 2 aliphatic heterocycles. The molecule has 0 saturated carbocycles. The van der Waals surface area contributed by atoms with Gasteiger partial charge in [0.2, 0.25) is 0 Å². The minimum atomic E-state index is -0.242. The lowest BCUT2D eigenvalue weighted by Gasteiger charge is -2.30. The molecule has 2 aromatic rings. The molecule has 28 heavy (non-hydrogen) atoms. The van der Waals surface area contributed by atoms with Crippen LogP contribution in [0.4, 0.5) is 10.5 Å². The lowest BCUT2D eigenvalue weighted by Crippen LogP contribution is -2.36. The summed E-state index contributed by atoms with van der Waals surface area (Å²) in [6, 6.07) is 12.3. The van der Waals surface area contributed by atoms with Gasteiger partial charge in [-0.3, -0.25) is 4.90 Å². The van der Waals surface area contributed by atoms with E-state index < -0.39 is 0 Å². The Balaban J connectivity index is 1.45. The predicted octanol–water partition coefficient (Wildman–Crippen LogP) is 4.50. The lowest BCUT2D eigenvalue weighted by molar-refractivity contribution is 0.154. The van der Waals surface area contributed by atoms with Crippen molar-refractivity contribution in [2.24, 2.45) is 0 Å². The second-order valence-electron chi connectivity index (χ2n) is 7.80. The second kappa shape index (κ2) is 8.54. The number of aryl methyl sites for hydroxylation is 1. The molecular formula is C23H27ClN2O2. The minimum Gasteiger partial charge on any atom is -0.449 e. The molecule has 148 valence electrons. The largest absolute Gasteiger partial charge is 0.449 e. The van der Waals surface area contributed by atoms with Crippen molar-refractivity contribution >= 4 is 23.4 Å². The quantitative estimate of drug-likeness (QED) is 0.763. The molecule has 1 amide bonds. The highest BCUT2D eigenvalue weighted by Gasteiger charge is 2.26. The summed E-state index contributed by atoms with van der Waals surface area (Å²) >= 11 is 6.02. The van der Waals surface area contributed by atoms with Crippen molar-refractivity contribution in [3.8, 4) is 0 Å². The Labute approximate surface area is 172 Å². The summed E-state index contributed by atoms with van der Waals surface area (Å²) in [5.74, 6) is 0. The SMILES string of the molecule is CN1CCc2cc3c(cc2CC1)N(C(=O)OCCc1cccc(Cl)c1)CCC3. The van der Waals surface area contributed by atoms with Crippen molar-refractivity contribution in [2.45, 2.75) is 32.1 Å². The van der Waals surface area contributed by atoms with E-state index in [0.29, 0.717) is 18.1 Å². The highest BCUT2D eigenvalue weighted by atomic mass is 35.5. The molecule has 4 nitrogen and oxygen atoms in total. The normalized spacial score (nSPS) is 16.9. The average Bonchev–Trinajstić information content (AvgIpc) is 2.87. The maximum absolute atomic E-state index is 12.8. The molecule has 2 heterocycles. The molecule has 5 heteroatoms.